The van der Waals surface area contributed by atoms with E-state index in [0.29, 0.717) is 11.1 Å². The Balaban J connectivity index is 1.38. The number of carbonyl (C=O) groups is 1. The number of benzene rings is 4. The average molecular weight is 560 g/mol. The third kappa shape index (κ3) is 4.78. The lowest BCUT2D eigenvalue weighted by atomic mass is 10.0. The van der Waals surface area contributed by atoms with Crippen LogP contribution in [0.15, 0.2) is 66.7 Å². The monoisotopic (exact) mass is 558 g/mol. The summed E-state index contributed by atoms with van der Waals surface area (Å²) in [6.45, 7) is 0.00723. The predicted molar refractivity (Wildman–Crippen MR) is 148 cm³/mol. The molecule has 1 N–H and O–H groups in total. The Kier molecular flexibility index (Phi) is 6.64. The second kappa shape index (κ2) is 9.60. The first-order valence-electron chi connectivity index (χ1n) is 11.2. The van der Waals surface area contributed by atoms with Gasteiger partial charge in [0.2, 0.25) is 10.0 Å². The minimum absolute atomic E-state index is 0.00723. The van der Waals surface area contributed by atoms with E-state index in [1.54, 1.807) is 24.3 Å². The van der Waals surface area contributed by atoms with Crippen LogP contribution >= 0.6 is 34.8 Å². The molecule has 0 saturated carbocycles. The van der Waals surface area contributed by atoms with E-state index in [0.717, 1.165) is 34.5 Å². The van der Waals surface area contributed by atoms with Gasteiger partial charge in [-0.3, -0.25) is 9.10 Å². The van der Waals surface area contributed by atoms with Crippen LogP contribution in [0.1, 0.15) is 27.0 Å². The molecule has 0 radical (unpaired) electrons. The molecule has 5 nitrogen and oxygen atoms in total. The first kappa shape index (κ1) is 24.9. The van der Waals surface area contributed by atoms with Crippen LogP contribution in [0, 0.1) is 0 Å². The molecule has 0 aromatic heterocycles. The van der Waals surface area contributed by atoms with Crippen LogP contribution in [0.2, 0.25) is 15.1 Å². The van der Waals surface area contributed by atoms with Gasteiger partial charge in [0.15, 0.2) is 0 Å². The van der Waals surface area contributed by atoms with E-state index < -0.39 is 10.0 Å². The van der Waals surface area contributed by atoms with Crippen LogP contribution in [0.25, 0.3) is 10.8 Å². The maximum absolute atomic E-state index is 13.0. The maximum atomic E-state index is 13.0. The van der Waals surface area contributed by atoms with E-state index in [1.807, 2.05) is 18.2 Å². The van der Waals surface area contributed by atoms with Gasteiger partial charge in [0.1, 0.15) is 0 Å². The summed E-state index contributed by atoms with van der Waals surface area (Å²) in [5.41, 5.74) is 4.73. The Morgan fingerprint density at radius 2 is 1.56 bits per heavy atom. The van der Waals surface area contributed by atoms with Gasteiger partial charge in [-0.15, -0.1) is 0 Å². The highest BCUT2D eigenvalue weighted by Gasteiger charge is 2.22. The van der Waals surface area contributed by atoms with E-state index in [4.69, 9.17) is 34.8 Å². The van der Waals surface area contributed by atoms with E-state index in [2.05, 4.69) is 17.4 Å². The summed E-state index contributed by atoms with van der Waals surface area (Å²) >= 11 is 18.4. The zero-order valence-electron chi connectivity index (χ0n) is 19.2. The minimum Gasteiger partial charge on any atom is -0.321 e. The van der Waals surface area contributed by atoms with Gasteiger partial charge in [-0.1, -0.05) is 71.2 Å². The molecule has 5 rings (SSSR count). The van der Waals surface area contributed by atoms with Gasteiger partial charge in [-0.05, 0) is 65.3 Å². The molecule has 0 unspecified atom stereocenters. The molecule has 0 saturated heterocycles. The summed E-state index contributed by atoms with van der Waals surface area (Å²) < 4.78 is 26.3. The lowest BCUT2D eigenvalue weighted by molar-refractivity contribution is 0.102. The number of amides is 1. The van der Waals surface area contributed by atoms with Crippen LogP contribution in [0.5, 0.6) is 0 Å². The molecule has 9 heteroatoms. The maximum Gasteiger partial charge on any atom is 0.255 e. The number of halogens is 3. The van der Waals surface area contributed by atoms with Crippen molar-refractivity contribution in [1.29, 1.82) is 0 Å². The molecule has 184 valence electrons. The highest BCUT2D eigenvalue weighted by Crippen LogP contribution is 2.37. The van der Waals surface area contributed by atoms with E-state index in [9.17, 15) is 13.2 Å². The fraction of sp³-hybridized carbons (Fsp3) is 0.148. The molecule has 1 aliphatic carbocycles. The third-order valence-electron chi connectivity index (χ3n) is 6.33. The number of hydrogen-bond donors (Lipinski definition) is 1. The van der Waals surface area contributed by atoms with Crippen molar-refractivity contribution in [2.75, 3.05) is 15.9 Å². The molecule has 0 aliphatic heterocycles. The number of sulfonamides is 1. The van der Waals surface area contributed by atoms with Gasteiger partial charge >= 0.3 is 0 Å². The van der Waals surface area contributed by atoms with Crippen molar-refractivity contribution in [3.05, 3.63) is 104 Å². The largest absolute Gasteiger partial charge is 0.321 e. The van der Waals surface area contributed by atoms with Gasteiger partial charge in [0, 0.05) is 16.6 Å². The molecule has 1 amide bonds. The predicted octanol–water partition coefficient (Wildman–Crippen LogP) is 7.12. The van der Waals surface area contributed by atoms with E-state index in [-0.39, 0.29) is 33.2 Å². The summed E-state index contributed by atoms with van der Waals surface area (Å²) in [5.74, 6) is -0.243. The van der Waals surface area contributed by atoms with Crippen LogP contribution < -0.4 is 9.62 Å². The Morgan fingerprint density at radius 1 is 0.889 bits per heavy atom. The summed E-state index contributed by atoms with van der Waals surface area (Å²) in [5, 5.41) is 5.88. The molecule has 4 aromatic carbocycles. The molecule has 0 fully saturated rings. The summed E-state index contributed by atoms with van der Waals surface area (Å²) in [6, 6.07) is 19.8. The normalized spacial score (nSPS) is 12.7. The average Bonchev–Trinajstić information content (AvgIpc) is 3.26. The lowest BCUT2D eigenvalue weighted by Gasteiger charge is -2.24. The fourth-order valence-electron chi connectivity index (χ4n) is 4.56. The minimum atomic E-state index is -3.69. The molecular weight excluding hydrogens is 539 g/mol. The number of hydrogen-bond acceptors (Lipinski definition) is 3. The molecule has 36 heavy (non-hydrogen) atoms. The second-order valence-corrected chi connectivity index (χ2v) is 11.9. The van der Waals surface area contributed by atoms with Gasteiger partial charge in [0.25, 0.3) is 5.91 Å². The zero-order chi connectivity index (χ0) is 25.6. The van der Waals surface area contributed by atoms with Crippen LogP contribution in [-0.2, 0) is 29.4 Å². The van der Waals surface area contributed by atoms with Crippen molar-refractivity contribution in [2.24, 2.45) is 0 Å². The highest BCUT2D eigenvalue weighted by molar-refractivity contribution is 7.92. The Bertz CT molecular complexity index is 1610. The topological polar surface area (TPSA) is 66.5 Å². The molecule has 0 heterocycles. The molecule has 0 atom stereocenters. The first-order valence-corrected chi connectivity index (χ1v) is 14.2. The quantitative estimate of drug-likeness (QED) is 0.256. The van der Waals surface area contributed by atoms with Gasteiger partial charge in [-0.25, -0.2) is 8.42 Å². The van der Waals surface area contributed by atoms with E-state index >= 15 is 0 Å². The Hall–Kier alpha value is -2.77. The second-order valence-electron chi connectivity index (χ2n) is 8.75. The Morgan fingerprint density at radius 3 is 2.25 bits per heavy atom. The third-order valence-corrected chi connectivity index (χ3v) is 8.48. The molecule has 4 aromatic rings. The number of carbonyl (C=O) groups excluding carboxylic acids is 1. The van der Waals surface area contributed by atoms with Crippen LogP contribution in [0.3, 0.4) is 0 Å². The zero-order valence-corrected chi connectivity index (χ0v) is 22.3. The van der Waals surface area contributed by atoms with Gasteiger partial charge in [-0.2, -0.15) is 0 Å². The highest BCUT2D eigenvalue weighted by atomic mass is 35.5. The van der Waals surface area contributed by atoms with Crippen molar-refractivity contribution in [3.8, 4) is 0 Å². The summed E-state index contributed by atoms with van der Waals surface area (Å²) in [4.78, 5) is 13.0. The van der Waals surface area contributed by atoms with Crippen molar-refractivity contribution in [1.82, 2.24) is 0 Å². The van der Waals surface area contributed by atoms with Gasteiger partial charge < -0.3 is 5.32 Å². The number of nitrogens with zero attached hydrogens (tertiary/aromatic N) is 1. The first-order chi connectivity index (χ1) is 17.1. The lowest BCUT2D eigenvalue weighted by Crippen LogP contribution is -2.29. The number of rotatable bonds is 6. The van der Waals surface area contributed by atoms with Crippen LogP contribution in [0.4, 0.5) is 11.4 Å². The molecular formula is C27H21Cl3N2O3S. The molecule has 0 bridgehead atoms. The Labute approximate surface area is 224 Å². The van der Waals surface area contributed by atoms with Crippen molar-refractivity contribution in [2.45, 2.75) is 19.4 Å². The number of nitrogens with one attached hydrogen (secondary N) is 1. The summed E-state index contributed by atoms with van der Waals surface area (Å²) in [7, 11) is -3.69. The fourth-order valence-corrected chi connectivity index (χ4v) is 6.15. The molecule has 1 aliphatic rings. The smallest absolute Gasteiger partial charge is 0.255 e. The van der Waals surface area contributed by atoms with Crippen LogP contribution in [-0.4, -0.2) is 20.6 Å². The van der Waals surface area contributed by atoms with E-state index in [1.165, 1.54) is 28.6 Å². The van der Waals surface area contributed by atoms with Crippen molar-refractivity contribution in [3.63, 3.8) is 0 Å². The van der Waals surface area contributed by atoms with Crippen molar-refractivity contribution >= 4 is 72.9 Å². The number of aryl methyl sites for hydroxylation is 2. The van der Waals surface area contributed by atoms with Crippen molar-refractivity contribution < 1.29 is 13.2 Å². The molecule has 0 spiro atoms. The standard InChI is InChI=1S/C27H21Cl3N2O3S/c1-36(34,35)32(25-14-22(29)21(28)13-23(25)30)15-16-5-7-19(8-6-16)27(33)31-24-12-11-18-10-9-17-3-2-4-20(24)26(17)18/h2-8,11-14H,9-10,15H2,1H3,(H,31,33). The number of anilines is 2. The SMILES string of the molecule is CS(=O)(=O)N(Cc1ccc(C(=O)Nc2ccc3c4c(cccc24)CC3)cc1)c1cc(Cl)c(Cl)cc1Cl. The summed E-state index contributed by atoms with van der Waals surface area (Å²) in [6.07, 6.45) is 3.12. The van der Waals surface area contributed by atoms with Gasteiger partial charge in [0.05, 0.1) is 33.6 Å².